The number of hydrogen-bond donors (Lipinski definition) is 2. The van der Waals surface area contributed by atoms with Crippen LogP contribution in [0.15, 0.2) is 36.4 Å². The van der Waals surface area contributed by atoms with Crippen molar-refractivity contribution in [2.24, 2.45) is 11.8 Å². The number of hydrogen-bond acceptors (Lipinski definition) is 5. The number of methoxy groups -OCH3 is 1. The van der Waals surface area contributed by atoms with Gasteiger partial charge in [0.2, 0.25) is 5.91 Å². The molecule has 4 rings (SSSR count). The number of carbonyl (C=O) groups is 1. The van der Waals surface area contributed by atoms with Crippen molar-refractivity contribution in [1.29, 1.82) is 0 Å². The van der Waals surface area contributed by atoms with E-state index in [2.05, 4.69) is 59.9 Å². The van der Waals surface area contributed by atoms with Crippen molar-refractivity contribution < 1.29 is 9.53 Å². The number of rotatable bonds is 7. The summed E-state index contributed by atoms with van der Waals surface area (Å²) in [6.45, 7) is 9.67. The molecule has 2 aromatic rings. The topological polar surface area (TPSA) is 56.8 Å². The molecule has 3 atom stereocenters. The number of fused-ring (bicyclic) bond motifs is 1. The molecule has 2 heterocycles. The number of nitrogens with zero attached hydrogens (tertiary/aromatic N) is 2. The molecule has 0 saturated carbocycles. The Morgan fingerprint density at radius 3 is 2.71 bits per heavy atom. The summed E-state index contributed by atoms with van der Waals surface area (Å²) in [6.07, 6.45) is 2.12. The quantitative estimate of drug-likeness (QED) is 0.715. The molecule has 2 N–H and O–H groups in total. The van der Waals surface area contributed by atoms with E-state index in [0.717, 1.165) is 57.9 Å². The third-order valence-corrected chi connectivity index (χ3v) is 6.95. The highest BCUT2D eigenvalue weighted by molar-refractivity contribution is 5.84. The van der Waals surface area contributed by atoms with E-state index in [1.54, 1.807) is 7.11 Å². The first-order valence-electron chi connectivity index (χ1n) is 11.7. The minimum absolute atomic E-state index is 0.144. The molecule has 0 radical (unpaired) electrons. The second kappa shape index (κ2) is 9.98. The Hall–Kier alpha value is -2.15. The summed E-state index contributed by atoms with van der Waals surface area (Å²) in [7, 11) is 1.70. The lowest BCUT2D eigenvalue weighted by Gasteiger charge is -2.36. The van der Waals surface area contributed by atoms with Gasteiger partial charge < -0.3 is 14.5 Å². The molecule has 168 valence electrons. The van der Waals surface area contributed by atoms with Gasteiger partial charge in [-0.1, -0.05) is 18.2 Å². The Morgan fingerprint density at radius 2 is 1.94 bits per heavy atom. The smallest absolute Gasteiger partial charge is 0.226 e. The number of benzene rings is 2. The normalized spacial score (nSPS) is 24.4. The SMILES string of the molecule is CCN(CC)C(=O)C1CCCN(CC2CNNC2c2ccc3cc(OC)ccc3c2)C1. The van der Waals surface area contributed by atoms with Crippen LogP contribution < -0.4 is 15.6 Å². The van der Waals surface area contributed by atoms with Crippen molar-refractivity contribution in [3.05, 3.63) is 42.0 Å². The Morgan fingerprint density at radius 1 is 1.16 bits per heavy atom. The predicted molar refractivity (Wildman–Crippen MR) is 125 cm³/mol. The zero-order valence-electron chi connectivity index (χ0n) is 19.1. The fourth-order valence-electron chi connectivity index (χ4n) is 5.17. The van der Waals surface area contributed by atoms with Crippen LogP contribution in [0, 0.1) is 11.8 Å². The van der Waals surface area contributed by atoms with Crippen molar-refractivity contribution in [3.8, 4) is 5.75 Å². The lowest BCUT2D eigenvalue weighted by Crippen LogP contribution is -2.46. The molecule has 2 aliphatic rings. The molecule has 2 aromatic carbocycles. The monoisotopic (exact) mass is 424 g/mol. The van der Waals surface area contributed by atoms with Gasteiger partial charge >= 0.3 is 0 Å². The molecule has 3 unspecified atom stereocenters. The van der Waals surface area contributed by atoms with Crippen molar-refractivity contribution >= 4 is 16.7 Å². The van der Waals surface area contributed by atoms with Gasteiger partial charge in [0.15, 0.2) is 0 Å². The summed E-state index contributed by atoms with van der Waals surface area (Å²) in [5, 5.41) is 2.42. The van der Waals surface area contributed by atoms with Gasteiger partial charge in [-0.3, -0.25) is 10.2 Å². The highest BCUT2D eigenvalue weighted by Crippen LogP contribution is 2.31. The number of amides is 1. The Bertz CT molecular complexity index is 898. The predicted octanol–water partition coefficient (Wildman–Crippen LogP) is 3.19. The first-order valence-corrected chi connectivity index (χ1v) is 11.7. The van der Waals surface area contributed by atoms with Gasteiger partial charge in [-0.05, 0) is 67.8 Å². The van der Waals surface area contributed by atoms with Crippen molar-refractivity contribution in [2.45, 2.75) is 32.7 Å². The van der Waals surface area contributed by atoms with Gasteiger partial charge in [0.1, 0.15) is 5.75 Å². The van der Waals surface area contributed by atoms with E-state index in [-0.39, 0.29) is 12.0 Å². The zero-order chi connectivity index (χ0) is 21.8. The summed E-state index contributed by atoms with van der Waals surface area (Å²) >= 11 is 0. The van der Waals surface area contributed by atoms with Crippen LogP contribution in [0.25, 0.3) is 10.8 Å². The Kier molecular flexibility index (Phi) is 7.10. The van der Waals surface area contributed by atoms with Crippen molar-refractivity contribution in [2.75, 3.05) is 46.4 Å². The maximum atomic E-state index is 12.9. The second-order valence-corrected chi connectivity index (χ2v) is 8.84. The van der Waals surface area contributed by atoms with Crippen LogP contribution >= 0.6 is 0 Å². The Labute approximate surface area is 185 Å². The third-order valence-electron chi connectivity index (χ3n) is 6.95. The molecule has 0 aliphatic carbocycles. The Balaban J connectivity index is 1.44. The van der Waals surface area contributed by atoms with E-state index >= 15 is 0 Å². The minimum atomic E-state index is 0.144. The van der Waals surface area contributed by atoms with E-state index in [1.165, 1.54) is 16.3 Å². The van der Waals surface area contributed by atoms with Gasteiger partial charge in [0.05, 0.1) is 19.1 Å². The summed E-state index contributed by atoms with van der Waals surface area (Å²) in [6, 6.07) is 13.2. The maximum absolute atomic E-state index is 12.9. The molecule has 1 amide bonds. The van der Waals surface area contributed by atoms with Crippen LogP contribution in [0.3, 0.4) is 0 Å². The number of carbonyl (C=O) groups excluding carboxylic acids is 1. The van der Waals surface area contributed by atoms with Crippen LogP contribution in [0.2, 0.25) is 0 Å². The maximum Gasteiger partial charge on any atom is 0.226 e. The third kappa shape index (κ3) is 4.86. The first-order chi connectivity index (χ1) is 15.1. The number of ether oxygens (including phenoxy) is 1. The van der Waals surface area contributed by atoms with E-state index in [0.29, 0.717) is 11.8 Å². The largest absolute Gasteiger partial charge is 0.497 e. The average molecular weight is 425 g/mol. The molecule has 2 aliphatic heterocycles. The highest BCUT2D eigenvalue weighted by atomic mass is 16.5. The molecular formula is C25H36N4O2. The lowest BCUT2D eigenvalue weighted by atomic mass is 9.90. The molecular weight excluding hydrogens is 388 g/mol. The molecule has 0 bridgehead atoms. The zero-order valence-corrected chi connectivity index (χ0v) is 19.1. The van der Waals surface area contributed by atoms with Gasteiger partial charge in [-0.15, -0.1) is 0 Å². The lowest BCUT2D eigenvalue weighted by molar-refractivity contribution is -0.137. The van der Waals surface area contributed by atoms with Gasteiger partial charge in [-0.2, -0.15) is 0 Å². The molecule has 2 fully saturated rings. The number of likely N-dealkylation sites (tertiary alicyclic amines) is 1. The molecule has 6 heteroatoms. The first kappa shape index (κ1) is 22.1. The van der Waals surface area contributed by atoms with E-state index in [1.807, 2.05) is 11.0 Å². The van der Waals surface area contributed by atoms with Crippen LogP contribution in [0.4, 0.5) is 0 Å². The van der Waals surface area contributed by atoms with Gasteiger partial charge in [-0.25, -0.2) is 5.43 Å². The van der Waals surface area contributed by atoms with Crippen molar-refractivity contribution in [3.63, 3.8) is 0 Å². The number of hydrazine groups is 1. The molecule has 6 nitrogen and oxygen atoms in total. The summed E-state index contributed by atoms with van der Waals surface area (Å²) in [4.78, 5) is 17.4. The van der Waals surface area contributed by atoms with Crippen molar-refractivity contribution in [1.82, 2.24) is 20.7 Å². The van der Waals surface area contributed by atoms with E-state index in [9.17, 15) is 4.79 Å². The molecule has 31 heavy (non-hydrogen) atoms. The van der Waals surface area contributed by atoms with Gasteiger partial charge in [0, 0.05) is 38.6 Å². The van der Waals surface area contributed by atoms with E-state index in [4.69, 9.17) is 4.74 Å². The van der Waals surface area contributed by atoms with Crippen LogP contribution in [-0.4, -0.2) is 62.1 Å². The van der Waals surface area contributed by atoms with E-state index < -0.39 is 0 Å². The highest BCUT2D eigenvalue weighted by Gasteiger charge is 2.33. The number of nitrogens with one attached hydrogen (secondary N) is 2. The molecule has 0 spiro atoms. The molecule has 2 saturated heterocycles. The number of piperidine rings is 1. The van der Waals surface area contributed by atoms with Crippen LogP contribution in [-0.2, 0) is 4.79 Å². The van der Waals surface area contributed by atoms with Crippen LogP contribution in [0.1, 0.15) is 38.3 Å². The van der Waals surface area contributed by atoms with Crippen LogP contribution in [0.5, 0.6) is 5.75 Å². The standard InChI is InChI=1S/C25H36N4O2/c1-4-29(5-2)25(30)21-7-6-12-28(16-21)17-22-15-26-27-24(22)20-9-8-19-14-23(31-3)11-10-18(19)13-20/h8-11,13-14,21-22,24,26-27H,4-7,12,15-17H2,1-3H3. The fraction of sp³-hybridized carbons (Fsp3) is 0.560. The minimum Gasteiger partial charge on any atom is -0.497 e. The summed E-state index contributed by atoms with van der Waals surface area (Å²) < 4.78 is 5.35. The molecule has 0 aromatic heterocycles. The average Bonchev–Trinajstić information content (AvgIpc) is 3.27. The summed E-state index contributed by atoms with van der Waals surface area (Å²) in [5.74, 6) is 1.83. The second-order valence-electron chi connectivity index (χ2n) is 8.84. The van der Waals surface area contributed by atoms with Gasteiger partial charge in [0.25, 0.3) is 0 Å². The summed E-state index contributed by atoms with van der Waals surface area (Å²) in [5.41, 5.74) is 8.18. The fourth-order valence-corrected chi connectivity index (χ4v) is 5.17.